The predicted octanol–water partition coefficient (Wildman–Crippen LogP) is 3.03. The number of guanidine groups is 1. The van der Waals surface area contributed by atoms with Crippen molar-refractivity contribution in [3.05, 3.63) is 48.0 Å². The monoisotopic (exact) mass is 510 g/mol. The van der Waals surface area contributed by atoms with Gasteiger partial charge >= 0.3 is 0 Å². The van der Waals surface area contributed by atoms with Crippen molar-refractivity contribution < 1.29 is 14.6 Å². The van der Waals surface area contributed by atoms with E-state index < -0.39 is 0 Å². The predicted molar refractivity (Wildman–Crippen MR) is 125 cm³/mol. The van der Waals surface area contributed by atoms with Crippen LogP contribution in [0.5, 0.6) is 17.2 Å². The molecular weight excluding hydrogens is 483 g/mol. The van der Waals surface area contributed by atoms with Gasteiger partial charge in [0.15, 0.2) is 17.5 Å². The molecule has 0 amide bonds. The van der Waals surface area contributed by atoms with Crippen molar-refractivity contribution >= 4 is 35.6 Å². The third-order valence-corrected chi connectivity index (χ3v) is 4.98. The fraction of sp³-hybridized carbons (Fsp3) is 0.381. The lowest BCUT2D eigenvalue weighted by Gasteiger charge is -2.37. The number of phenols is 1. The lowest BCUT2D eigenvalue weighted by atomic mass is 10.2. The molecule has 0 aromatic heterocycles. The summed E-state index contributed by atoms with van der Waals surface area (Å²) < 4.78 is 10.8. The molecule has 156 valence electrons. The minimum absolute atomic E-state index is 0. The first kappa shape index (κ1) is 21.4. The van der Waals surface area contributed by atoms with Gasteiger partial charge in [0.25, 0.3) is 0 Å². The highest BCUT2D eigenvalue weighted by Gasteiger charge is 2.21. The van der Waals surface area contributed by atoms with Gasteiger partial charge in [-0.1, -0.05) is 18.2 Å². The van der Waals surface area contributed by atoms with E-state index in [2.05, 4.69) is 22.0 Å². The Morgan fingerprint density at radius 3 is 2.59 bits per heavy atom. The summed E-state index contributed by atoms with van der Waals surface area (Å²) in [5.41, 5.74) is 1.98. The van der Waals surface area contributed by atoms with Crippen LogP contribution in [0.3, 0.4) is 0 Å². The summed E-state index contributed by atoms with van der Waals surface area (Å²) in [5, 5.41) is 13.5. The van der Waals surface area contributed by atoms with Crippen molar-refractivity contribution in [2.45, 2.75) is 13.5 Å². The third kappa shape index (κ3) is 4.98. The van der Waals surface area contributed by atoms with E-state index in [0.29, 0.717) is 12.3 Å². The number of nitrogens with one attached hydrogen (secondary N) is 1. The van der Waals surface area contributed by atoms with E-state index in [1.807, 2.05) is 36.4 Å². The summed E-state index contributed by atoms with van der Waals surface area (Å²) in [6.07, 6.45) is 0. The summed E-state index contributed by atoms with van der Waals surface area (Å²) >= 11 is 0. The highest BCUT2D eigenvalue weighted by atomic mass is 127. The van der Waals surface area contributed by atoms with E-state index in [-0.39, 0.29) is 30.8 Å². The van der Waals surface area contributed by atoms with Crippen LogP contribution in [0.15, 0.2) is 47.5 Å². The first-order chi connectivity index (χ1) is 13.7. The number of fused-ring (bicyclic) bond motifs is 1. The number of benzene rings is 2. The number of piperazine rings is 1. The summed E-state index contributed by atoms with van der Waals surface area (Å²) in [5.74, 6) is 2.82. The number of anilines is 1. The van der Waals surface area contributed by atoms with Crippen molar-refractivity contribution in [2.75, 3.05) is 44.4 Å². The number of hydrogen-bond donors (Lipinski definition) is 2. The number of halogens is 1. The molecule has 2 aliphatic rings. The molecular formula is C21H27IN4O3. The van der Waals surface area contributed by atoms with E-state index in [0.717, 1.165) is 61.4 Å². The molecule has 1 saturated heterocycles. The molecule has 0 radical (unpaired) electrons. The normalized spacial score (nSPS) is 15.8. The molecule has 4 rings (SSSR count). The van der Waals surface area contributed by atoms with Crippen LogP contribution in [0.25, 0.3) is 0 Å². The minimum Gasteiger partial charge on any atom is -0.506 e. The summed E-state index contributed by atoms with van der Waals surface area (Å²) in [4.78, 5) is 9.30. The van der Waals surface area contributed by atoms with Gasteiger partial charge < -0.3 is 29.7 Å². The fourth-order valence-corrected chi connectivity index (χ4v) is 3.52. The number of aromatic hydroxyl groups is 1. The molecule has 2 aliphatic heterocycles. The van der Waals surface area contributed by atoms with Crippen LogP contribution in [-0.2, 0) is 6.54 Å². The Bertz CT molecular complexity index is 854. The third-order valence-electron chi connectivity index (χ3n) is 4.98. The first-order valence-electron chi connectivity index (χ1n) is 9.69. The van der Waals surface area contributed by atoms with Crippen molar-refractivity contribution in [2.24, 2.45) is 4.99 Å². The highest BCUT2D eigenvalue weighted by molar-refractivity contribution is 14.0. The fourth-order valence-electron chi connectivity index (χ4n) is 3.52. The molecule has 1 fully saturated rings. The van der Waals surface area contributed by atoms with Crippen molar-refractivity contribution in [1.29, 1.82) is 0 Å². The molecule has 0 unspecified atom stereocenters. The number of rotatable bonds is 4. The zero-order valence-electron chi connectivity index (χ0n) is 16.5. The Balaban J connectivity index is 0.00000240. The van der Waals surface area contributed by atoms with Crippen LogP contribution in [0.2, 0.25) is 0 Å². The molecule has 0 atom stereocenters. The maximum Gasteiger partial charge on any atom is 0.231 e. The molecule has 8 heteroatoms. The Labute approximate surface area is 188 Å². The van der Waals surface area contributed by atoms with Crippen molar-refractivity contribution in [3.8, 4) is 17.2 Å². The smallest absolute Gasteiger partial charge is 0.231 e. The molecule has 2 aromatic rings. The van der Waals surface area contributed by atoms with E-state index in [9.17, 15) is 5.11 Å². The largest absolute Gasteiger partial charge is 0.506 e. The van der Waals surface area contributed by atoms with Crippen LogP contribution in [0, 0.1) is 0 Å². The topological polar surface area (TPSA) is 69.6 Å². The van der Waals surface area contributed by atoms with Gasteiger partial charge in [-0.05, 0) is 36.8 Å². The number of nitrogens with zero attached hydrogens (tertiary/aromatic N) is 3. The highest BCUT2D eigenvalue weighted by Crippen LogP contribution is 2.32. The van der Waals surface area contributed by atoms with E-state index in [4.69, 9.17) is 14.5 Å². The number of ether oxygens (including phenoxy) is 2. The Morgan fingerprint density at radius 1 is 1.07 bits per heavy atom. The zero-order valence-corrected chi connectivity index (χ0v) is 18.8. The molecule has 29 heavy (non-hydrogen) atoms. The van der Waals surface area contributed by atoms with Gasteiger partial charge in [-0.2, -0.15) is 0 Å². The van der Waals surface area contributed by atoms with E-state index in [1.165, 1.54) is 0 Å². The van der Waals surface area contributed by atoms with E-state index in [1.54, 1.807) is 6.07 Å². The zero-order chi connectivity index (χ0) is 19.3. The Hall–Kier alpha value is -2.36. The summed E-state index contributed by atoms with van der Waals surface area (Å²) in [6.45, 7) is 7.14. The van der Waals surface area contributed by atoms with E-state index >= 15 is 0 Å². The summed E-state index contributed by atoms with van der Waals surface area (Å²) in [7, 11) is 0. The Kier molecular flexibility index (Phi) is 7.29. The van der Waals surface area contributed by atoms with Gasteiger partial charge in [0.05, 0.1) is 12.2 Å². The van der Waals surface area contributed by atoms with Gasteiger partial charge in [-0.15, -0.1) is 24.0 Å². The van der Waals surface area contributed by atoms with Crippen LogP contribution in [0.4, 0.5) is 5.69 Å². The molecule has 0 spiro atoms. The average molecular weight is 510 g/mol. The number of para-hydroxylation sites is 2. The maximum atomic E-state index is 10.1. The maximum absolute atomic E-state index is 10.1. The molecule has 2 N–H and O–H groups in total. The number of hydrogen-bond acceptors (Lipinski definition) is 5. The molecule has 2 heterocycles. The van der Waals surface area contributed by atoms with Gasteiger partial charge in [0.1, 0.15) is 5.75 Å². The van der Waals surface area contributed by atoms with Gasteiger partial charge in [-0.25, -0.2) is 4.99 Å². The Morgan fingerprint density at radius 2 is 1.83 bits per heavy atom. The lowest BCUT2D eigenvalue weighted by molar-refractivity contribution is 0.174. The lowest BCUT2D eigenvalue weighted by Crippen LogP contribution is -2.52. The van der Waals surface area contributed by atoms with Gasteiger partial charge in [0, 0.05) is 32.7 Å². The quantitative estimate of drug-likeness (QED) is 0.375. The molecule has 2 aromatic carbocycles. The van der Waals surface area contributed by atoms with Crippen LogP contribution in [-0.4, -0.2) is 55.5 Å². The van der Waals surface area contributed by atoms with Crippen LogP contribution < -0.4 is 19.7 Å². The van der Waals surface area contributed by atoms with Crippen molar-refractivity contribution in [3.63, 3.8) is 0 Å². The molecule has 0 saturated carbocycles. The van der Waals surface area contributed by atoms with Gasteiger partial charge in [0.2, 0.25) is 6.79 Å². The van der Waals surface area contributed by atoms with Crippen LogP contribution in [0.1, 0.15) is 12.5 Å². The van der Waals surface area contributed by atoms with Gasteiger partial charge in [-0.3, -0.25) is 0 Å². The number of phenolic OH excluding ortho intramolecular Hbond substituents is 1. The number of aliphatic imine (C=N–C) groups is 1. The molecule has 0 aliphatic carbocycles. The second-order valence-electron chi connectivity index (χ2n) is 6.82. The van der Waals surface area contributed by atoms with Crippen LogP contribution >= 0.6 is 24.0 Å². The average Bonchev–Trinajstić information content (AvgIpc) is 3.20. The molecule has 7 nitrogen and oxygen atoms in total. The minimum atomic E-state index is 0. The SMILES string of the molecule is CCNC(=NCc1ccc2c(c1)OCO2)N1CCN(c2ccccc2O)CC1.I. The van der Waals surface area contributed by atoms with Crippen molar-refractivity contribution in [1.82, 2.24) is 10.2 Å². The second kappa shape index (κ2) is 9.91. The molecule has 0 bridgehead atoms. The summed E-state index contributed by atoms with van der Waals surface area (Å²) in [6, 6.07) is 13.5. The standard InChI is InChI=1S/C21H26N4O3.HI/c1-2-22-21(23-14-16-7-8-19-20(13-16)28-15-27-19)25-11-9-24(10-12-25)17-5-3-4-6-18(17)26;/h3-8,13,26H,2,9-12,14-15H2,1H3,(H,22,23);1H. The second-order valence-corrected chi connectivity index (χ2v) is 6.82. The first-order valence-corrected chi connectivity index (χ1v) is 9.69.